The van der Waals surface area contributed by atoms with Crippen LogP contribution in [-0.4, -0.2) is 27.1 Å². The Kier molecular flexibility index (Phi) is 3.10. The Bertz CT molecular complexity index is 625. The first-order valence-electron chi connectivity index (χ1n) is 6.33. The summed E-state index contributed by atoms with van der Waals surface area (Å²) in [6, 6.07) is 0.196. The van der Waals surface area contributed by atoms with Gasteiger partial charge in [-0.1, -0.05) is 0 Å². The van der Waals surface area contributed by atoms with Crippen LogP contribution in [0.1, 0.15) is 24.8 Å². The van der Waals surface area contributed by atoms with E-state index in [0.717, 1.165) is 34.4 Å². The van der Waals surface area contributed by atoms with Crippen LogP contribution >= 0.6 is 11.3 Å². The lowest BCUT2D eigenvalue weighted by Gasteiger charge is -2.13. The van der Waals surface area contributed by atoms with Crippen LogP contribution in [-0.2, 0) is 4.79 Å². The first kappa shape index (κ1) is 12.3. The van der Waals surface area contributed by atoms with Gasteiger partial charge in [0.25, 0.3) is 0 Å². The highest BCUT2D eigenvalue weighted by Crippen LogP contribution is 2.32. The van der Waals surface area contributed by atoms with E-state index in [9.17, 15) is 4.79 Å². The van der Waals surface area contributed by atoms with E-state index in [1.165, 1.54) is 0 Å². The van der Waals surface area contributed by atoms with Crippen molar-refractivity contribution in [2.45, 2.75) is 32.2 Å². The highest BCUT2D eigenvalue weighted by Gasteiger charge is 2.30. The van der Waals surface area contributed by atoms with Crippen LogP contribution in [0.2, 0.25) is 0 Å². The van der Waals surface area contributed by atoms with Crippen molar-refractivity contribution in [3.63, 3.8) is 0 Å². The van der Waals surface area contributed by atoms with Gasteiger partial charge in [0.15, 0.2) is 0 Å². The third-order valence-corrected chi connectivity index (χ3v) is 4.75. The summed E-state index contributed by atoms with van der Waals surface area (Å²) in [6.45, 7) is 2.03. The monoisotopic (exact) mass is 277 g/mol. The average Bonchev–Trinajstić information content (AvgIpc) is 2.98. The Morgan fingerprint density at radius 1 is 1.47 bits per heavy atom. The molecule has 0 amide bonds. The predicted molar refractivity (Wildman–Crippen MR) is 74.5 cm³/mol. The maximum atomic E-state index is 11.0. The Hall–Kier alpha value is -1.69. The molecule has 0 aromatic carbocycles. The van der Waals surface area contributed by atoms with E-state index in [1.807, 2.05) is 6.92 Å². The molecule has 2 N–H and O–H groups in total. The fraction of sp³-hybridized carbons (Fsp3) is 0.462. The van der Waals surface area contributed by atoms with Crippen LogP contribution < -0.4 is 5.32 Å². The van der Waals surface area contributed by atoms with Crippen molar-refractivity contribution in [3.05, 3.63) is 17.3 Å². The van der Waals surface area contributed by atoms with Gasteiger partial charge >= 0.3 is 5.97 Å². The Morgan fingerprint density at radius 2 is 2.32 bits per heavy atom. The quantitative estimate of drug-likeness (QED) is 0.902. The first-order chi connectivity index (χ1) is 9.15. The maximum absolute atomic E-state index is 11.0. The molecule has 0 spiro atoms. The molecule has 5 nitrogen and oxygen atoms in total. The van der Waals surface area contributed by atoms with Gasteiger partial charge in [0.05, 0.1) is 16.1 Å². The number of aryl methyl sites for hydroxylation is 1. The van der Waals surface area contributed by atoms with Crippen molar-refractivity contribution in [1.29, 1.82) is 0 Å². The zero-order valence-electron chi connectivity index (χ0n) is 10.6. The van der Waals surface area contributed by atoms with Gasteiger partial charge in [0.2, 0.25) is 0 Å². The van der Waals surface area contributed by atoms with Crippen molar-refractivity contribution in [2.75, 3.05) is 5.32 Å². The van der Waals surface area contributed by atoms with Crippen LogP contribution in [0.3, 0.4) is 0 Å². The number of carbonyl (C=O) groups is 1. The molecule has 6 heteroatoms. The van der Waals surface area contributed by atoms with Crippen LogP contribution in [0, 0.1) is 12.8 Å². The number of anilines is 1. The number of aromatic nitrogens is 2. The summed E-state index contributed by atoms with van der Waals surface area (Å²) < 4.78 is 1.05. The summed E-state index contributed by atoms with van der Waals surface area (Å²) >= 11 is 1.63. The van der Waals surface area contributed by atoms with Gasteiger partial charge in [-0.05, 0) is 37.1 Å². The van der Waals surface area contributed by atoms with Crippen molar-refractivity contribution >= 4 is 33.3 Å². The number of thiophene rings is 1. The molecule has 1 aliphatic carbocycles. The molecule has 0 aliphatic heterocycles. The zero-order chi connectivity index (χ0) is 13.4. The molecule has 0 saturated heterocycles. The summed E-state index contributed by atoms with van der Waals surface area (Å²) in [6.07, 6.45) is 3.86. The lowest BCUT2D eigenvalue weighted by molar-refractivity contribution is -0.141. The van der Waals surface area contributed by atoms with Crippen molar-refractivity contribution < 1.29 is 9.90 Å². The van der Waals surface area contributed by atoms with Gasteiger partial charge in [0, 0.05) is 6.04 Å². The molecule has 1 fully saturated rings. The van der Waals surface area contributed by atoms with Crippen LogP contribution in [0.4, 0.5) is 5.82 Å². The van der Waals surface area contributed by atoms with Crippen molar-refractivity contribution in [2.24, 2.45) is 5.92 Å². The van der Waals surface area contributed by atoms with Gasteiger partial charge in [-0.2, -0.15) is 0 Å². The third-order valence-electron chi connectivity index (χ3n) is 3.65. The Morgan fingerprint density at radius 3 is 3.05 bits per heavy atom. The fourth-order valence-electron chi connectivity index (χ4n) is 2.60. The molecular weight excluding hydrogens is 262 g/mol. The van der Waals surface area contributed by atoms with E-state index in [2.05, 4.69) is 20.7 Å². The summed E-state index contributed by atoms with van der Waals surface area (Å²) in [5.41, 5.74) is 2.13. The van der Waals surface area contributed by atoms with E-state index in [-0.39, 0.29) is 12.0 Å². The van der Waals surface area contributed by atoms with Crippen molar-refractivity contribution in [3.8, 4) is 0 Å². The largest absolute Gasteiger partial charge is 0.481 e. The van der Waals surface area contributed by atoms with E-state index >= 15 is 0 Å². The molecule has 1 aliphatic rings. The molecule has 2 heterocycles. The topological polar surface area (TPSA) is 75.1 Å². The molecule has 100 valence electrons. The van der Waals surface area contributed by atoms with Crippen LogP contribution in [0.25, 0.3) is 10.2 Å². The lowest BCUT2D eigenvalue weighted by Crippen LogP contribution is -2.18. The Balaban J connectivity index is 1.81. The molecule has 3 rings (SSSR count). The van der Waals surface area contributed by atoms with Gasteiger partial charge < -0.3 is 10.4 Å². The third kappa shape index (κ3) is 2.28. The standard InChI is InChI=1S/C13H15N3O2S/c1-7-5-19-11-10(7)14-6-15-12(11)16-9-3-2-8(4-9)13(17)18/h5-6,8-9H,2-4H2,1H3,(H,17,18)(H,14,15,16)/t8-,9+/m1/s1. The Labute approximate surface area is 114 Å². The van der Waals surface area contributed by atoms with E-state index in [4.69, 9.17) is 5.11 Å². The highest BCUT2D eigenvalue weighted by atomic mass is 32.1. The number of fused-ring (bicyclic) bond motifs is 1. The smallest absolute Gasteiger partial charge is 0.306 e. The number of rotatable bonds is 3. The normalized spacial score (nSPS) is 22.8. The summed E-state index contributed by atoms with van der Waals surface area (Å²) in [4.78, 5) is 19.5. The maximum Gasteiger partial charge on any atom is 0.306 e. The van der Waals surface area contributed by atoms with Gasteiger partial charge in [-0.25, -0.2) is 9.97 Å². The molecule has 0 radical (unpaired) electrons. The first-order valence-corrected chi connectivity index (χ1v) is 7.21. The van der Waals surface area contributed by atoms with Gasteiger partial charge in [-0.3, -0.25) is 4.79 Å². The second kappa shape index (κ2) is 4.77. The van der Waals surface area contributed by atoms with Crippen molar-refractivity contribution in [1.82, 2.24) is 9.97 Å². The lowest BCUT2D eigenvalue weighted by atomic mass is 10.1. The number of nitrogens with one attached hydrogen (secondary N) is 1. The number of nitrogens with zero attached hydrogens (tertiary/aromatic N) is 2. The van der Waals surface area contributed by atoms with Gasteiger partial charge in [0.1, 0.15) is 12.1 Å². The molecule has 1 saturated carbocycles. The highest BCUT2D eigenvalue weighted by molar-refractivity contribution is 7.18. The molecule has 2 aromatic heterocycles. The minimum absolute atomic E-state index is 0.196. The minimum Gasteiger partial charge on any atom is -0.481 e. The number of hydrogen-bond acceptors (Lipinski definition) is 5. The summed E-state index contributed by atoms with van der Waals surface area (Å²) in [5, 5.41) is 14.5. The summed E-state index contributed by atoms with van der Waals surface area (Å²) in [5.74, 6) is -0.0804. The second-order valence-electron chi connectivity index (χ2n) is 5.01. The van der Waals surface area contributed by atoms with E-state index in [1.54, 1.807) is 17.7 Å². The van der Waals surface area contributed by atoms with E-state index in [0.29, 0.717) is 6.42 Å². The van der Waals surface area contributed by atoms with Gasteiger partial charge in [-0.15, -0.1) is 11.3 Å². The van der Waals surface area contributed by atoms with E-state index < -0.39 is 5.97 Å². The van der Waals surface area contributed by atoms with Crippen LogP contribution in [0.15, 0.2) is 11.7 Å². The van der Waals surface area contributed by atoms with Crippen LogP contribution in [0.5, 0.6) is 0 Å². The second-order valence-corrected chi connectivity index (χ2v) is 5.89. The zero-order valence-corrected chi connectivity index (χ0v) is 11.4. The molecule has 0 bridgehead atoms. The molecule has 2 atom stereocenters. The SMILES string of the molecule is Cc1csc2c(N[C@H]3CC[C@@H](C(=O)O)C3)ncnc12. The average molecular weight is 277 g/mol. The molecular formula is C13H15N3O2S. The minimum atomic E-state index is -0.691. The molecule has 2 aromatic rings. The molecule has 19 heavy (non-hydrogen) atoms. The number of aliphatic carboxylic acids is 1. The predicted octanol–water partition coefficient (Wildman–Crippen LogP) is 2.66. The summed E-state index contributed by atoms with van der Waals surface area (Å²) in [7, 11) is 0. The fourth-order valence-corrected chi connectivity index (χ4v) is 3.56. The number of hydrogen-bond donors (Lipinski definition) is 2. The molecule has 0 unspecified atom stereocenters. The number of carboxylic acids is 1. The number of carboxylic acid groups (broad SMARTS) is 1.